The van der Waals surface area contributed by atoms with Crippen LogP contribution in [0, 0.1) is 0 Å². The number of aliphatic hydroxyl groups is 1. The van der Waals surface area contributed by atoms with Crippen molar-refractivity contribution in [1.82, 2.24) is 19.2 Å². The van der Waals surface area contributed by atoms with Crippen molar-refractivity contribution in [2.45, 2.75) is 35.9 Å². The van der Waals surface area contributed by atoms with E-state index in [2.05, 4.69) is 10.3 Å². The summed E-state index contributed by atoms with van der Waals surface area (Å²) in [6, 6.07) is 3.62. The molecule has 0 bridgehead atoms. The smallest absolute Gasteiger partial charge is 0.374 e. The lowest BCUT2D eigenvalue weighted by atomic mass is 9.97. The van der Waals surface area contributed by atoms with Crippen molar-refractivity contribution in [3.05, 3.63) is 47.0 Å². The molecule has 1 fully saturated rings. The first-order valence-electron chi connectivity index (χ1n) is 9.73. The summed E-state index contributed by atoms with van der Waals surface area (Å²) in [5.41, 5.74) is -3.48. The van der Waals surface area contributed by atoms with Crippen molar-refractivity contribution in [1.29, 1.82) is 0 Å². The van der Waals surface area contributed by atoms with Gasteiger partial charge in [0.05, 0.1) is 15.5 Å². The van der Waals surface area contributed by atoms with Gasteiger partial charge in [-0.3, -0.25) is 4.79 Å². The zero-order valence-electron chi connectivity index (χ0n) is 17.1. The van der Waals surface area contributed by atoms with Crippen LogP contribution in [0.1, 0.15) is 35.4 Å². The third kappa shape index (κ3) is 4.63. The molecule has 0 saturated carbocycles. The first kappa shape index (κ1) is 24.5. The maximum Gasteiger partial charge on any atom is 0.424 e. The Labute approximate surface area is 188 Å². The maximum atomic E-state index is 13.6. The highest BCUT2D eigenvalue weighted by Gasteiger charge is 2.57. The minimum absolute atomic E-state index is 0.0574. The van der Waals surface area contributed by atoms with Gasteiger partial charge in [0.25, 0.3) is 5.91 Å². The molecule has 1 atom stereocenters. The number of imidazole rings is 1. The molecule has 2 aromatic rings. The standard InChI is InChI=1S/C19H22ClF3N4O4S/c1-26-11-8-25-17(26)18(29,19(21,22)23)6-7-24-16(28)14-12-13(4-5-15(14)20)32(30,31)27-9-2-3-10-27/h4-5,8,11-12,29H,2-3,6-7,9-10H2,1H3,(H,24,28). The minimum Gasteiger partial charge on any atom is -0.374 e. The first-order chi connectivity index (χ1) is 14.9. The van der Waals surface area contributed by atoms with Crippen LogP contribution >= 0.6 is 11.6 Å². The van der Waals surface area contributed by atoms with E-state index >= 15 is 0 Å². The largest absolute Gasteiger partial charge is 0.424 e. The molecule has 2 heterocycles. The highest BCUT2D eigenvalue weighted by molar-refractivity contribution is 7.89. The number of benzene rings is 1. The quantitative estimate of drug-likeness (QED) is 0.615. The molecule has 1 unspecified atom stereocenters. The zero-order chi connectivity index (χ0) is 23.7. The van der Waals surface area contributed by atoms with Gasteiger partial charge in [-0.2, -0.15) is 17.5 Å². The predicted molar refractivity (Wildman–Crippen MR) is 110 cm³/mol. The zero-order valence-corrected chi connectivity index (χ0v) is 18.6. The molecule has 3 rings (SSSR count). The van der Waals surface area contributed by atoms with Crippen LogP contribution in [0.3, 0.4) is 0 Å². The molecule has 8 nitrogen and oxygen atoms in total. The molecule has 1 amide bonds. The number of carbonyl (C=O) groups excluding carboxylic acids is 1. The fourth-order valence-electron chi connectivity index (χ4n) is 3.51. The Morgan fingerprint density at radius 3 is 2.50 bits per heavy atom. The second kappa shape index (κ2) is 9.00. The van der Waals surface area contributed by atoms with Crippen molar-refractivity contribution in [3.63, 3.8) is 0 Å². The van der Waals surface area contributed by atoms with Gasteiger partial charge in [-0.1, -0.05) is 11.6 Å². The van der Waals surface area contributed by atoms with Crippen molar-refractivity contribution in [3.8, 4) is 0 Å². The van der Waals surface area contributed by atoms with Gasteiger partial charge in [0.2, 0.25) is 15.6 Å². The fourth-order valence-corrected chi connectivity index (χ4v) is 5.26. The highest BCUT2D eigenvalue weighted by atomic mass is 35.5. The Kier molecular flexibility index (Phi) is 6.89. The Bertz CT molecular complexity index is 1100. The lowest BCUT2D eigenvalue weighted by molar-refractivity contribution is -0.272. The van der Waals surface area contributed by atoms with Crippen molar-refractivity contribution in [2.24, 2.45) is 7.05 Å². The van der Waals surface area contributed by atoms with Gasteiger partial charge < -0.3 is 15.0 Å². The van der Waals surface area contributed by atoms with Gasteiger partial charge in [0, 0.05) is 45.5 Å². The van der Waals surface area contributed by atoms with Gasteiger partial charge in [-0.05, 0) is 31.0 Å². The number of nitrogens with one attached hydrogen (secondary N) is 1. The first-order valence-corrected chi connectivity index (χ1v) is 11.5. The van der Waals surface area contributed by atoms with Gasteiger partial charge in [0.1, 0.15) is 5.82 Å². The van der Waals surface area contributed by atoms with Crippen molar-refractivity contribution >= 4 is 27.5 Å². The minimum atomic E-state index is -5.04. The van der Waals surface area contributed by atoms with Crippen LogP contribution in [0.4, 0.5) is 13.2 Å². The molecule has 176 valence electrons. The van der Waals surface area contributed by atoms with E-state index in [4.69, 9.17) is 11.6 Å². The summed E-state index contributed by atoms with van der Waals surface area (Å²) in [5.74, 6) is -1.48. The molecule has 0 aliphatic carbocycles. The number of aromatic nitrogens is 2. The molecule has 1 aliphatic rings. The Hall–Kier alpha value is -2.15. The summed E-state index contributed by atoms with van der Waals surface area (Å²) in [6.45, 7) is 0.173. The van der Waals surface area contributed by atoms with Gasteiger partial charge in [-0.15, -0.1) is 0 Å². The average molecular weight is 495 g/mol. The predicted octanol–water partition coefficient (Wildman–Crippen LogP) is 2.43. The number of sulfonamides is 1. The van der Waals surface area contributed by atoms with E-state index in [1.54, 1.807) is 0 Å². The number of rotatable bonds is 7. The van der Waals surface area contributed by atoms with E-state index in [-0.39, 0.29) is 15.5 Å². The lowest BCUT2D eigenvalue weighted by Crippen LogP contribution is -2.46. The average Bonchev–Trinajstić information content (AvgIpc) is 3.39. The highest BCUT2D eigenvalue weighted by Crippen LogP contribution is 2.40. The summed E-state index contributed by atoms with van der Waals surface area (Å²) in [5, 5.41) is 12.5. The van der Waals surface area contributed by atoms with E-state index < -0.39 is 46.5 Å². The summed E-state index contributed by atoms with van der Waals surface area (Å²) in [7, 11) is -2.50. The third-order valence-electron chi connectivity index (χ3n) is 5.32. The molecular weight excluding hydrogens is 473 g/mol. The van der Waals surface area contributed by atoms with Gasteiger partial charge in [-0.25, -0.2) is 13.4 Å². The number of hydrogen-bond donors (Lipinski definition) is 2. The molecule has 2 N–H and O–H groups in total. The summed E-state index contributed by atoms with van der Waals surface area (Å²) in [4.78, 5) is 16.0. The molecule has 13 heteroatoms. The lowest BCUT2D eigenvalue weighted by Gasteiger charge is -2.30. The number of amides is 1. The van der Waals surface area contributed by atoms with Crippen LogP contribution in [0.2, 0.25) is 5.02 Å². The van der Waals surface area contributed by atoms with Crippen LogP contribution in [0.25, 0.3) is 0 Å². The van der Waals surface area contributed by atoms with Crippen molar-refractivity contribution in [2.75, 3.05) is 19.6 Å². The summed E-state index contributed by atoms with van der Waals surface area (Å²) in [6.07, 6.45) is -2.10. The Balaban J connectivity index is 1.77. The molecule has 1 aliphatic heterocycles. The second-order valence-electron chi connectivity index (χ2n) is 7.48. The molecular formula is C19H22ClF3N4O4S. The van der Waals surface area contributed by atoms with Crippen LogP contribution in [0.5, 0.6) is 0 Å². The number of alkyl halides is 3. The van der Waals surface area contributed by atoms with E-state index in [9.17, 15) is 31.5 Å². The van der Waals surface area contributed by atoms with E-state index in [1.807, 2.05) is 0 Å². The van der Waals surface area contributed by atoms with Gasteiger partial charge in [0.15, 0.2) is 0 Å². The van der Waals surface area contributed by atoms with E-state index in [1.165, 1.54) is 29.7 Å². The Morgan fingerprint density at radius 1 is 1.28 bits per heavy atom. The van der Waals surface area contributed by atoms with E-state index in [0.29, 0.717) is 13.1 Å². The normalized spacial score (nSPS) is 17.3. The van der Waals surface area contributed by atoms with E-state index in [0.717, 1.165) is 29.7 Å². The number of halogens is 4. The molecule has 1 aromatic heterocycles. The molecule has 1 saturated heterocycles. The fraction of sp³-hybridized carbons (Fsp3) is 0.474. The molecule has 32 heavy (non-hydrogen) atoms. The monoisotopic (exact) mass is 494 g/mol. The third-order valence-corrected chi connectivity index (χ3v) is 7.54. The summed E-state index contributed by atoms with van der Waals surface area (Å²) < 4.78 is 68.5. The molecule has 0 radical (unpaired) electrons. The Morgan fingerprint density at radius 2 is 1.94 bits per heavy atom. The van der Waals surface area contributed by atoms with Crippen LogP contribution < -0.4 is 5.32 Å². The van der Waals surface area contributed by atoms with Crippen LogP contribution in [-0.2, 0) is 22.7 Å². The molecule has 1 aromatic carbocycles. The number of nitrogens with zero attached hydrogens (tertiary/aromatic N) is 3. The topological polar surface area (TPSA) is 105 Å². The number of carbonyl (C=O) groups is 1. The molecule has 0 spiro atoms. The number of aryl methyl sites for hydroxylation is 1. The number of hydrogen-bond acceptors (Lipinski definition) is 5. The van der Waals surface area contributed by atoms with Crippen LogP contribution in [0.15, 0.2) is 35.5 Å². The maximum absolute atomic E-state index is 13.6. The van der Waals surface area contributed by atoms with Crippen LogP contribution in [-0.4, -0.2) is 59.1 Å². The van der Waals surface area contributed by atoms with Crippen molar-refractivity contribution < 1.29 is 31.5 Å². The SMILES string of the molecule is Cn1ccnc1C(O)(CCNC(=O)c1cc(S(=O)(=O)N2CCCC2)ccc1Cl)C(F)(F)F. The summed E-state index contributed by atoms with van der Waals surface area (Å²) >= 11 is 6.03. The van der Waals surface area contributed by atoms with Gasteiger partial charge >= 0.3 is 6.18 Å². The second-order valence-corrected chi connectivity index (χ2v) is 9.82.